The highest BCUT2D eigenvalue weighted by molar-refractivity contribution is 9.10. The molecular formula is C9H9BrN2O. The van der Waals surface area contributed by atoms with E-state index in [1.54, 1.807) is 6.21 Å². The van der Waals surface area contributed by atoms with Gasteiger partial charge in [0, 0.05) is 17.0 Å². The monoisotopic (exact) mass is 240 g/mol. The van der Waals surface area contributed by atoms with Gasteiger partial charge in [-0.15, -0.1) is 0 Å². The summed E-state index contributed by atoms with van der Waals surface area (Å²) in [6.07, 6.45) is 1.59. The van der Waals surface area contributed by atoms with Gasteiger partial charge in [0.15, 0.2) is 0 Å². The number of hydrazone groups is 1. The van der Waals surface area contributed by atoms with Crippen LogP contribution in [0.15, 0.2) is 33.8 Å². The van der Waals surface area contributed by atoms with E-state index in [1.807, 2.05) is 24.3 Å². The van der Waals surface area contributed by atoms with E-state index in [-0.39, 0.29) is 5.91 Å². The lowest BCUT2D eigenvalue weighted by molar-refractivity contribution is -0.118. The summed E-state index contributed by atoms with van der Waals surface area (Å²) in [5.41, 5.74) is 3.26. The van der Waals surface area contributed by atoms with Gasteiger partial charge in [-0.05, 0) is 6.07 Å². The van der Waals surface area contributed by atoms with Crippen molar-refractivity contribution in [2.75, 3.05) is 0 Å². The second-order valence-corrected chi connectivity index (χ2v) is 3.30. The van der Waals surface area contributed by atoms with Crippen molar-refractivity contribution < 1.29 is 4.79 Å². The Bertz CT molecular complexity index is 336. The van der Waals surface area contributed by atoms with Crippen LogP contribution in [0.3, 0.4) is 0 Å². The van der Waals surface area contributed by atoms with Crippen molar-refractivity contribution in [1.29, 1.82) is 0 Å². The average Bonchev–Trinajstić information content (AvgIpc) is 2.08. The van der Waals surface area contributed by atoms with Crippen LogP contribution >= 0.6 is 15.9 Å². The number of benzene rings is 1. The van der Waals surface area contributed by atoms with Crippen LogP contribution in [0.1, 0.15) is 12.5 Å². The molecule has 0 aliphatic carbocycles. The first kappa shape index (κ1) is 9.92. The second kappa shape index (κ2) is 4.77. The highest BCUT2D eigenvalue weighted by Crippen LogP contribution is 2.13. The molecular weight excluding hydrogens is 232 g/mol. The third kappa shape index (κ3) is 3.38. The van der Waals surface area contributed by atoms with E-state index in [0.717, 1.165) is 10.0 Å². The summed E-state index contributed by atoms with van der Waals surface area (Å²) in [4.78, 5) is 10.5. The minimum atomic E-state index is -0.177. The van der Waals surface area contributed by atoms with Crippen LogP contribution in [0.5, 0.6) is 0 Å². The molecule has 4 heteroatoms. The first-order valence-electron chi connectivity index (χ1n) is 3.74. The molecule has 0 spiro atoms. The maximum atomic E-state index is 10.5. The average molecular weight is 241 g/mol. The quantitative estimate of drug-likeness (QED) is 0.623. The van der Waals surface area contributed by atoms with Crippen molar-refractivity contribution in [2.24, 2.45) is 5.10 Å². The maximum absolute atomic E-state index is 10.5. The molecule has 0 bridgehead atoms. The summed E-state index contributed by atoms with van der Waals surface area (Å²) in [6.45, 7) is 1.41. The van der Waals surface area contributed by atoms with Crippen LogP contribution in [0.4, 0.5) is 0 Å². The van der Waals surface area contributed by atoms with Gasteiger partial charge in [0.05, 0.1) is 6.21 Å². The van der Waals surface area contributed by atoms with Crippen LogP contribution in [-0.4, -0.2) is 12.1 Å². The zero-order valence-electron chi connectivity index (χ0n) is 7.12. The zero-order valence-corrected chi connectivity index (χ0v) is 8.71. The van der Waals surface area contributed by atoms with Crippen LogP contribution in [-0.2, 0) is 4.79 Å². The van der Waals surface area contributed by atoms with E-state index in [9.17, 15) is 4.79 Å². The zero-order chi connectivity index (χ0) is 9.68. The molecule has 0 atom stereocenters. The van der Waals surface area contributed by atoms with Crippen molar-refractivity contribution in [3.63, 3.8) is 0 Å². The molecule has 0 aliphatic heterocycles. The molecule has 0 aromatic heterocycles. The number of amides is 1. The number of hydrogen-bond donors (Lipinski definition) is 1. The Morgan fingerprint density at radius 3 is 2.85 bits per heavy atom. The number of hydrogen-bond acceptors (Lipinski definition) is 2. The Balaban J connectivity index is 2.68. The molecule has 0 radical (unpaired) electrons. The lowest BCUT2D eigenvalue weighted by Crippen LogP contribution is -2.12. The highest BCUT2D eigenvalue weighted by Gasteiger charge is 1.93. The Kier molecular flexibility index (Phi) is 3.64. The van der Waals surface area contributed by atoms with E-state index < -0.39 is 0 Å². The number of rotatable bonds is 2. The van der Waals surface area contributed by atoms with E-state index in [4.69, 9.17) is 0 Å². The first-order chi connectivity index (χ1) is 6.20. The van der Waals surface area contributed by atoms with Crippen molar-refractivity contribution >= 4 is 28.1 Å². The van der Waals surface area contributed by atoms with Gasteiger partial charge in [0.25, 0.3) is 0 Å². The number of halogens is 1. The fourth-order valence-electron chi connectivity index (χ4n) is 0.773. The number of carbonyl (C=O) groups excluding carboxylic acids is 1. The Labute approximate surface area is 85.0 Å². The van der Waals surface area contributed by atoms with Crippen molar-refractivity contribution in [3.05, 3.63) is 34.3 Å². The molecule has 1 amide bonds. The number of carbonyl (C=O) groups is 1. The molecule has 0 unspecified atom stereocenters. The van der Waals surface area contributed by atoms with Gasteiger partial charge < -0.3 is 0 Å². The van der Waals surface area contributed by atoms with E-state index in [0.29, 0.717) is 0 Å². The normalized spacial score (nSPS) is 10.3. The van der Waals surface area contributed by atoms with Gasteiger partial charge in [-0.3, -0.25) is 4.79 Å². The minimum absolute atomic E-state index is 0.177. The maximum Gasteiger partial charge on any atom is 0.236 e. The largest absolute Gasteiger partial charge is 0.274 e. The molecule has 1 aromatic carbocycles. The molecule has 13 heavy (non-hydrogen) atoms. The van der Waals surface area contributed by atoms with Gasteiger partial charge >= 0.3 is 0 Å². The summed E-state index contributed by atoms with van der Waals surface area (Å²) < 4.78 is 0.948. The van der Waals surface area contributed by atoms with E-state index in [1.165, 1.54) is 6.92 Å². The second-order valence-electron chi connectivity index (χ2n) is 2.45. The first-order valence-corrected chi connectivity index (χ1v) is 4.53. The predicted molar refractivity (Wildman–Crippen MR) is 55.6 cm³/mol. The van der Waals surface area contributed by atoms with Crippen molar-refractivity contribution in [1.82, 2.24) is 5.43 Å². The number of nitrogens with one attached hydrogen (secondary N) is 1. The van der Waals surface area contributed by atoms with Crippen molar-refractivity contribution in [2.45, 2.75) is 6.92 Å². The summed E-state index contributed by atoms with van der Waals surface area (Å²) in [5, 5.41) is 3.75. The fourth-order valence-corrected chi connectivity index (χ4v) is 1.16. The van der Waals surface area contributed by atoms with Gasteiger partial charge in [0.2, 0.25) is 5.91 Å². The lowest BCUT2D eigenvalue weighted by atomic mass is 10.2. The van der Waals surface area contributed by atoms with Crippen LogP contribution in [0, 0.1) is 0 Å². The standard InChI is InChI=1S/C9H9BrN2O/c1-7(13)12-11-6-8-4-2-3-5-9(8)10/h2-6H,1H3,(H,12,13)/b11-6-. The Morgan fingerprint density at radius 2 is 2.23 bits per heavy atom. The molecule has 0 heterocycles. The minimum Gasteiger partial charge on any atom is -0.274 e. The Morgan fingerprint density at radius 1 is 1.54 bits per heavy atom. The van der Waals surface area contributed by atoms with E-state index >= 15 is 0 Å². The van der Waals surface area contributed by atoms with Gasteiger partial charge in [-0.1, -0.05) is 34.1 Å². The van der Waals surface area contributed by atoms with Crippen LogP contribution in [0.25, 0.3) is 0 Å². The summed E-state index contributed by atoms with van der Waals surface area (Å²) in [7, 11) is 0. The summed E-state index contributed by atoms with van der Waals surface area (Å²) >= 11 is 3.36. The van der Waals surface area contributed by atoms with Gasteiger partial charge in [0.1, 0.15) is 0 Å². The summed E-state index contributed by atoms with van der Waals surface area (Å²) in [6, 6.07) is 7.63. The molecule has 1 N–H and O–H groups in total. The third-order valence-corrected chi connectivity index (χ3v) is 2.05. The van der Waals surface area contributed by atoms with Gasteiger partial charge in [-0.25, -0.2) is 5.43 Å². The molecule has 1 aromatic rings. The molecule has 3 nitrogen and oxygen atoms in total. The van der Waals surface area contributed by atoms with Gasteiger partial charge in [-0.2, -0.15) is 5.10 Å². The molecule has 0 aliphatic rings. The predicted octanol–water partition coefficient (Wildman–Crippen LogP) is 1.92. The smallest absolute Gasteiger partial charge is 0.236 e. The van der Waals surface area contributed by atoms with E-state index in [2.05, 4.69) is 26.5 Å². The highest BCUT2D eigenvalue weighted by atomic mass is 79.9. The molecule has 0 saturated heterocycles. The SMILES string of the molecule is CC(=O)N/N=C\c1ccccc1Br. The Hall–Kier alpha value is -1.16. The fraction of sp³-hybridized carbons (Fsp3) is 0.111. The lowest BCUT2D eigenvalue weighted by Gasteiger charge is -1.95. The van der Waals surface area contributed by atoms with Crippen LogP contribution < -0.4 is 5.43 Å². The molecule has 1 rings (SSSR count). The molecule has 0 fully saturated rings. The topological polar surface area (TPSA) is 41.5 Å². The molecule has 0 saturated carbocycles. The third-order valence-electron chi connectivity index (χ3n) is 1.33. The molecule has 68 valence electrons. The van der Waals surface area contributed by atoms with Crippen LogP contribution in [0.2, 0.25) is 0 Å². The van der Waals surface area contributed by atoms with Crippen molar-refractivity contribution in [3.8, 4) is 0 Å². The number of nitrogens with zero attached hydrogens (tertiary/aromatic N) is 1. The summed E-state index contributed by atoms with van der Waals surface area (Å²) in [5.74, 6) is -0.177.